The van der Waals surface area contributed by atoms with Crippen molar-refractivity contribution in [2.45, 2.75) is 90.3 Å². The molecule has 3 aliphatic heterocycles. The zero-order valence-electron chi connectivity index (χ0n) is 26.4. The second-order valence-electron chi connectivity index (χ2n) is 12.5. The number of carboxylic acid groups (broad SMARTS) is 1. The molecule has 2 amide bonds. The molecule has 7 N–H and O–H groups in total. The van der Waals surface area contributed by atoms with Gasteiger partial charge in [-0.05, 0) is 67.5 Å². The number of thiol groups is 1. The van der Waals surface area contributed by atoms with Crippen molar-refractivity contribution in [3.63, 3.8) is 0 Å². The summed E-state index contributed by atoms with van der Waals surface area (Å²) in [6.45, 7) is 13.6. The van der Waals surface area contributed by atoms with Gasteiger partial charge in [-0.3, -0.25) is 14.4 Å². The van der Waals surface area contributed by atoms with Gasteiger partial charge >= 0.3 is 5.97 Å². The topological polar surface area (TPSA) is 182 Å². The Morgan fingerprint density at radius 1 is 1.11 bits per heavy atom. The molecule has 0 saturated carbocycles. The van der Waals surface area contributed by atoms with E-state index in [-0.39, 0.29) is 41.4 Å². The maximum atomic E-state index is 12.6. The summed E-state index contributed by atoms with van der Waals surface area (Å²) in [6.07, 6.45) is 5.73. The van der Waals surface area contributed by atoms with Crippen LogP contribution in [0.2, 0.25) is 0 Å². The second-order valence-corrected chi connectivity index (χ2v) is 13.4. The fraction of sp³-hybridized carbons (Fsp3) is 0.485. The predicted octanol–water partition coefficient (Wildman–Crippen LogP) is 3.27. The second kappa shape index (κ2) is 12.7. The van der Waals surface area contributed by atoms with Crippen LogP contribution in [0.4, 0.5) is 0 Å². The molecule has 2 fully saturated rings. The normalized spacial score (nSPS) is 26.0. The van der Waals surface area contributed by atoms with Crippen molar-refractivity contribution in [3.05, 3.63) is 74.5 Å². The summed E-state index contributed by atoms with van der Waals surface area (Å²) < 4.78 is 0. The van der Waals surface area contributed by atoms with Crippen molar-refractivity contribution in [3.8, 4) is 0 Å². The van der Waals surface area contributed by atoms with Gasteiger partial charge in [-0.25, -0.2) is 4.84 Å². The molecular formula is C33H43N5O6S. The lowest BCUT2D eigenvalue weighted by Gasteiger charge is -2.17. The third kappa shape index (κ3) is 6.69. The molecule has 5 atom stereocenters. The maximum absolute atomic E-state index is 12.6. The SMILES string of the molecule is C=CC1=C(C)[C@@H](Cc2[nH]c(Cc3[nH]c(/C=C4\NC(=O)[C@H](C)[C@H]4[C@H](C)S)c(C)c3CC[C@]3(O)NO3)c(CCC(=O)O)c2C)NC1=O. The minimum absolute atomic E-state index is 0.0178. The minimum atomic E-state index is -1.36. The zero-order chi connectivity index (χ0) is 32.8. The number of hydrogen-bond donors (Lipinski definition) is 8. The number of aromatic amines is 2. The average Bonchev–Trinajstić information content (AvgIpc) is 3.25. The van der Waals surface area contributed by atoms with Crippen molar-refractivity contribution < 1.29 is 29.4 Å². The number of hydrogen-bond acceptors (Lipinski definition) is 7. The van der Waals surface area contributed by atoms with Crippen molar-refractivity contribution >= 4 is 36.5 Å². The van der Waals surface area contributed by atoms with Crippen LogP contribution in [0, 0.1) is 25.7 Å². The monoisotopic (exact) mass is 637 g/mol. The molecule has 5 heterocycles. The number of carbonyl (C=O) groups excluding carboxylic acids is 2. The number of amides is 2. The lowest BCUT2D eigenvalue weighted by atomic mass is 9.91. The molecule has 45 heavy (non-hydrogen) atoms. The standard InChI is InChI=1S/C33H43N5O6S/c1-7-20-15(2)25(36-32(20)42)12-23-16(3)21(8-9-29(39)40)26(34-23)14-27-22(10-11-33(43)38-44-33)17(4)24(35-27)13-28-30(19(6)45)18(5)31(41)37-28/h7,13,18-19,25,30,34-35,38,43,45H,1,8-12,14H2,2-6H3,(H,36,42)(H,37,41)(H,39,40)/b28-13-/t18-,19+,25-,30+,33-/m1/s1. The third-order valence-corrected chi connectivity index (χ3v) is 9.90. The first-order valence-corrected chi connectivity index (χ1v) is 15.9. The van der Waals surface area contributed by atoms with Crippen molar-refractivity contribution in [1.82, 2.24) is 26.1 Å². The maximum Gasteiger partial charge on any atom is 0.303 e. The first-order valence-electron chi connectivity index (χ1n) is 15.4. The summed E-state index contributed by atoms with van der Waals surface area (Å²) in [6, 6.07) is -0.192. The lowest BCUT2D eigenvalue weighted by molar-refractivity contribution is -0.137. The van der Waals surface area contributed by atoms with Gasteiger partial charge in [0.25, 0.3) is 11.8 Å². The van der Waals surface area contributed by atoms with Gasteiger partial charge in [-0.15, -0.1) is 5.48 Å². The van der Waals surface area contributed by atoms with E-state index in [0.717, 1.165) is 56.3 Å². The van der Waals surface area contributed by atoms with Gasteiger partial charge in [0, 0.05) is 76.8 Å². The van der Waals surface area contributed by atoms with E-state index in [1.807, 2.05) is 40.7 Å². The molecule has 0 bridgehead atoms. The summed E-state index contributed by atoms with van der Waals surface area (Å²) >= 11 is 4.66. The number of H-pyrrole nitrogens is 2. The smallest absolute Gasteiger partial charge is 0.303 e. The molecule has 242 valence electrons. The molecule has 0 aromatic carbocycles. The highest BCUT2D eigenvalue weighted by Gasteiger charge is 2.43. The zero-order valence-corrected chi connectivity index (χ0v) is 27.3. The molecule has 0 unspecified atom stereocenters. The number of aliphatic hydroxyl groups is 1. The van der Waals surface area contributed by atoms with E-state index in [2.05, 4.69) is 45.3 Å². The van der Waals surface area contributed by atoms with Crippen LogP contribution in [0.25, 0.3) is 6.08 Å². The predicted molar refractivity (Wildman–Crippen MR) is 173 cm³/mol. The van der Waals surface area contributed by atoms with E-state index in [1.165, 1.54) is 0 Å². The molecule has 2 saturated heterocycles. The molecule has 0 spiro atoms. The Labute approximate surface area is 268 Å². The van der Waals surface area contributed by atoms with Gasteiger partial charge in [-0.1, -0.05) is 26.5 Å². The molecule has 0 radical (unpaired) electrons. The van der Waals surface area contributed by atoms with E-state index in [4.69, 9.17) is 4.84 Å². The Morgan fingerprint density at radius 3 is 2.38 bits per heavy atom. The number of hydroxylamine groups is 1. The minimum Gasteiger partial charge on any atom is -0.481 e. The summed E-state index contributed by atoms with van der Waals surface area (Å²) in [5.74, 6) is -2.67. The fourth-order valence-electron chi connectivity index (χ4n) is 6.78. The fourth-order valence-corrected chi connectivity index (χ4v) is 7.20. The lowest BCUT2D eigenvalue weighted by Crippen LogP contribution is -2.30. The van der Waals surface area contributed by atoms with Crippen molar-refractivity contribution in [2.75, 3.05) is 0 Å². The van der Waals surface area contributed by atoms with Gasteiger partial charge < -0.3 is 30.8 Å². The summed E-state index contributed by atoms with van der Waals surface area (Å²) in [5.41, 5.74) is 12.4. The number of aromatic nitrogens is 2. The van der Waals surface area contributed by atoms with E-state index in [1.54, 1.807) is 6.08 Å². The number of allylic oxidation sites excluding steroid dienone is 1. The molecule has 12 heteroatoms. The van der Waals surface area contributed by atoms with Crippen LogP contribution in [0.15, 0.2) is 29.5 Å². The van der Waals surface area contributed by atoms with Crippen LogP contribution in [0.5, 0.6) is 0 Å². The first kappa shape index (κ1) is 32.8. The van der Waals surface area contributed by atoms with Crippen LogP contribution in [0.3, 0.4) is 0 Å². The van der Waals surface area contributed by atoms with Gasteiger partial charge in [0.1, 0.15) is 0 Å². The van der Waals surface area contributed by atoms with E-state index < -0.39 is 11.9 Å². The average molecular weight is 638 g/mol. The summed E-state index contributed by atoms with van der Waals surface area (Å²) in [4.78, 5) is 48.8. The molecule has 2 aromatic rings. The quantitative estimate of drug-likeness (QED) is 0.123. The van der Waals surface area contributed by atoms with E-state index in [0.29, 0.717) is 37.7 Å². The number of aliphatic carboxylic acids is 1. The summed E-state index contributed by atoms with van der Waals surface area (Å²) in [7, 11) is 0. The van der Waals surface area contributed by atoms with Crippen molar-refractivity contribution in [1.29, 1.82) is 0 Å². The molecule has 5 rings (SSSR count). The molecular weight excluding hydrogens is 594 g/mol. The number of rotatable bonds is 13. The Kier molecular flexibility index (Phi) is 9.23. The Morgan fingerprint density at radius 2 is 1.78 bits per heavy atom. The highest BCUT2D eigenvalue weighted by atomic mass is 32.1. The first-order chi connectivity index (χ1) is 21.2. The Bertz CT molecular complexity index is 1610. The van der Waals surface area contributed by atoms with E-state index >= 15 is 0 Å². The largest absolute Gasteiger partial charge is 0.481 e. The van der Waals surface area contributed by atoms with Crippen LogP contribution in [0.1, 0.15) is 78.6 Å². The molecule has 3 aliphatic rings. The van der Waals surface area contributed by atoms with Crippen molar-refractivity contribution in [2.24, 2.45) is 11.8 Å². The Hall–Kier alpha value is -3.58. The summed E-state index contributed by atoms with van der Waals surface area (Å²) in [5, 5.41) is 25.9. The Balaban J connectivity index is 1.52. The highest BCUT2D eigenvalue weighted by molar-refractivity contribution is 7.80. The van der Waals surface area contributed by atoms with Crippen LogP contribution < -0.4 is 16.1 Å². The number of nitrogens with one attached hydrogen (secondary N) is 5. The van der Waals surface area contributed by atoms with Crippen LogP contribution >= 0.6 is 12.6 Å². The third-order valence-electron chi connectivity index (χ3n) is 9.58. The van der Waals surface area contributed by atoms with Gasteiger partial charge in [-0.2, -0.15) is 12.6 Å². The van der Waals surface area contributed by atoms with Gasteiger partial charge in [0.15, 0.2) is 0 Å². The van der Waals surface area contributed by atoms with Crippen LogP contribution in [-0.2, 0) is 44.9 Å². The highest BCUT2D eigenvalue weighted by Crippen LogP contribution is 2.35. The van der Waals surface area contributed by atoms with Gasteiger partial charge in [0.05, 0.1) is 6.04 Å². The van der Waals surface area contributed by atoms with Gasteiger partial charge in [0.2, 0.25) is 5.91 Å². The van der Waals surface area contributed by atoms with E-state index in [9.17, 15) is 24.6 Å². The molecule has 0 aliphatic carbocycles. The number of carboxylic acids is 1. The molecule has 2 aromatic heterocycles. The molecule has 11 nitrogen and oxygen atoms in total. The van der Waals surface area contributed by atoms with Crippen LogP contribution in [-0.4, -0.2) is 55.2 Å². The number of carbonyl (C=O) groups is 3.